The molecule has 0 bridgehead atoms. The van der Waals surface area contributed by atoms with Gasteiger partial charge < -0.3 is 15.5 Å². The van der Waals surface area contributed by atoms with Crippen LogP contribution in [0.25, 0.3) is 11.0 Å². The molecular formula is C13H15N3O. The number of nitrogens with two attached hydrogens (primary N) is 1. The van der Waals surface area contributed by atoms with Gasteiger partial charge in [0.15, 0.2) is 5.96 Å². The average molecular weight is 229 g/mol. The number of guanidine groups is 1. The Morgan fingerprint density at radius 3 is 3.06 bits per heavy atom. The molecule has 1 aromatic heterocycles. The lowest BCUT2D eigenvalue weighted by molar-refractivity contribution is 0.610. The predicted octanol–water partition coefficient (Wildman–Crippen LogP) is 2.00. The van der Waals surface area contributed by atoms with Crippen LogP contribution in [-0.4, -0.2) is 12.0 Å². The van der Waals surface area contributed by atoms with Crippen LogP contribution in [0.3, 0.4) is 0 Å². The molecule has 4 nitrogen and oxygen atoms in total. The fourth-order valence-electron chi connectivity index (χ4n) is 1.81. The SMILES string of the molecule is NC(=NCc1coc2ccccc12)NC1CC1. The molecule has 2 aromatic rings. The Morgan fingerprint density at radius 2 is 2.24 bits per heavy atom. The van der Waals surface area contributed by atoms with E-state index in [0.29, 0.717) is 18.5 Å². The molecule has 1 fully saturated rings. The van der Waals surface area contributed by atoms with Crippen molar-refractivity contribution in [3.05, 3.63) is 36.1 Å². The third-order valence-corrected chi connectivity index (χ3v) is 2.91. The van der Waals surface area contributed by atoms with Gasteiger partial charge in [0.05, 0.1) is 12.8 Å². The van der Waals surface area contributed by atoms with E-state index in [0.717, 1.165) is 16.5 Å². The van der Waals surface area contributed by atoms with Gasteiger partial charge >= 0.3 is 0 Å². The Morgan fingerprint density at radius 1 is 1.41 bits per heavy atom. The van der Waals surface area contributed by atoms with E-state index in [-0.39, 0.29) is 0 Å². The number of fused-ring (bicyclic) bond motifs is 1. The fourth-order valence-corrected chi connectivity index (χ4v) is 1.81. The van der Waals surface area contributed by atoms with Crippen molar-refractivity contribution in [3.63, 3.8) is 0 Å². The van der Waals surface area contributed by atoms with Crippen LogP contribution in [0.4, 0.5) is 0 Å². The van der Waals surface area contributed by atoms with Gasteiger partial charge in [-0.1, -0.05) is 18.2 Å². The number of hydrogen-bond donors (Lipinski definition) is 2. The van der Waals surface area contributed by atoms with Gasteiger partial charge in [-0.05, 0) is 18.9 Å². The summed E-state index contributed by atoms with van der Waals surface area (Å²) in [6, 6.07) is 8.49. The highest BCUT2D eigenvalue weighted by atomic mass is 16.3. The van der Waals surface area contributed by atoms with Crippen LogP contribution in [0.1, 0.15) is 18.4 Å². The molecule has 88 valence electrons. The summed E-state index contributed by atoms with van der Waals surface area (Å²) in [5.74, 6) is 0.526. The maximum atomic E-state index is 5.78. The predicted molar refractivity (Wildman–Crippen MR) is 67.7 cm³/mol. The minimum atomic E-state index is 0.526. The van der Waals surface area contributed by atoms with Crippen molar-refractivity contribution in [2.45, 2.75) is 25.4 Å². The lowest BCUT2D eigenvalue weighted by Crippen LogP contribution is -2.33. The summed E-state index contributed by atoms with van der Waals surface area (Å²) in [6.07, 6.45) is 4.15. The van der Waals surface area contributed by atoms with Crippen molar-refractivity contribution in [3.8, 4) is 0 Å². The Balaban J connectivity index is 1.75. The number of rotatable bonds is 3. The molecular weight excluding hydrogens is 214 g/mol. The zero-order chi connectivity index (χ0) is 11.7. The van der Waals surface area contributed by atoms with Gasteiger partial charge in [-0.25, -0.2) is 4.99 Å². The highest BCUT2D eigenvalue weighted by Gasteiger charge is 2.21. The van der Waals surface area contributed by atoms with Gasteiger partial charge in [0.1, 0.15) is 5.58 Å². The largest absolute Gasteiger partial charge is 0.464 e. The topological polar surface area (TPSA) is 63.5 Å². The van der Waals surface area contributed by atoms with Gasteiger partial charge in [0.25, 0.3) is 0 Å². The first-order valence-electron chi connectivity index (χ1n) is 5.84. The average Bonchev–Trinajstić information content (AvgIpc) is 3.06. The van der Waals surface area contributed by atoms with Crippen LogP contribution >= 0.6 is 0 Å². The van der Waals surface area contributed by atoms with Crippen LogP contribution in [0.2, 0.25) is 0 Å². The molecule has 0 aliphatic heterocycles. The minimum absolute atomic E-state index is 0.526. The fraction of sp³-hybridized carbons (Fsp3) is 0.308. The summed E-state index contributed by atoms with van der Waals surface area (Å²) in [7, 11) is 0. The lowest BCUT2D eigenvalue weighted by atomic mass is 10.2. The molecule has 0 amide bonds. The molecule has 17 heavy (non-hydrogen) atoms. The molecule has 1 heterocycles. The van der Waals surface area contributed by atoms with Gasteiger partial charge in [-0.3, -0.25) is 0 Å². The second kappa shape index (κ2) is 4.13. The summed E-state index contributed by atoms with van der Waals surface area (Å²) < 4.78 is 5.44. The molecule has 0 atom stereocenters. The Bertz CT molecular complexity index is 555. The quantitative estimate of drug-likeness (QED) is 0.625. The second-order valence-corrected chi connectivity index (χ2v) is 4.38. The number of nitrogens with one attached hydrogen (secondary N) is 1. The molecule has 1 saturated carbocycles. The van der Waals surface area contributed by atoms with Crippen molar-refractivity contribution < 1.29 is 4.42 Å². The highest BCUT2D eigenvalue weighted by molar-refractivity contribution is 5.82. The third-order valence-electron chi connectivity index (χ3n) is 2.91. The van der Waals surface area contributed by atoms with Crippen molar-refractivity contribution in [2.24, 2.45) is 10.7 Å². The maximum absolute atomic E-state index is 5.78. The minimum Gasteiger partial charge on any atom is -0.464 e. The molecule has 3 rings (SSSR count). The third kappa shape index (κ3) is 2.25. The van der Waals surface area contributed by atoms with Gasteiger partial charge in [-0.2, -0.15) is 0 Å². The van der Waals surface area contributed by atoms with Gasteiger partial charge in [-0.15, -0.1) is 0 Å². The molecule has 4 heteroatoms. The van der Waals surface area contributed by atoms with Gasteiger partial charge in [0, 0.05) is 17.0 Å². The number of para-hydroxylation sites is 1. The summed E-state index contributed by atoms with van der Waals surface area (Å²) in [5.41, 5.74) is 7.75. The Hall–Kier alpha value is -1.97. The van der Waals surface area contributed by atoms with E-state index in [1.807, 2.05) is 24.3 Å². The number of aliphatic imine (C=N–C) groups is 1. The van der Waals surface area contributed by atoms with Crippen molar-refractivity contribution in [1.82, 2.24) is 5.32 Å². The van der Waals surface area contributed by atoms with Crippen LogP contribution in [0.15, 0.2) is 39.9 Å². The van der Waals surface area contributed by atoms with E-state index in [2.05, 4.69) is 10.3 Å². The number of nitrogens with zero attached hydrogens (tertiary/aromatic N) is 1. The first-order chi connectivity index (χ1) is 8.33. The summed E-state index contributed by atoms with van der Waals surface area (Å²) in [6.45, 7) is 0.558. The number of furan rings is 1. The van der Waals surface area contributed by atoms with E-state index in [9.17, 15) is 0 Å². The van der Waals surface area contributed by atoms with Crippen LogP contribution < -0.4 is 11.1 Å². The lowest BCUT2D eigenvalue weighted by Gasteiger charge is -2.01. The monoisotopic (exact) mass is 229 g/mol. The first kappa shape index (κ1) is 10.2. The number of hydrogen-bond acceptors (Lipinski definition) is 2. The normalized spacial score (nSPS) is 16.4. The van der Waals surface area contributed by atoms with E-state index in [1.165, 1.54) is 12.8 Å². The Labute approximate surface area is 99.5 Å². The second-order valence-electron chi connectivity index (χ2n) is 4.38. The van der Waals surface area contributed by atoms with E-state index >= 15 is 0 Å². The molecule has 1 aliphatic carbocycles. The summed E-state index contributed by atoms with van der Waals surface area (Å²) >= 11 is 0. The first-order valence-corrected chi connectivity index (χ1v) is 5.84. The van der Waals surface area contributed by atoms with Crippen LogP contribution in [-0.2, 0) is 6.54 Å². The molecule has 1 aliphatic rings. The maximum Gasteiger partial charge on any atom is 0.189 e. The highest BCUT2D eigenvalue weighted by Crippen LogP contribution is 2.21. The Kier molecular flexibility index (Phi) is 2.48. The summed E-state index contributed by atoms with van der Waals surface area (Å²) in [5, 5.41) is 4.27. The van der Waals surface area contributed by atoms with Gasteiger partial charge in [0.2, 0.25) is 0 Å². The molecule has 1 aromatic carbocycles. The molecule has 0 saturated heterocycles. The zero-order valence-electron chi connectivity index (χ0n) is 9.52. The van der Waals surface area contributed by atoms with Crippen molar-refractivity contribution in [1.29, 1.82) is 0 Å². The van der Waals surface area contributed by atoms with Crippen molar-refractivity contribution in [2.75, 3.05) is 0 Å². The number of benzene rings is 1. The standard InChI is InChI=1S/C13H15N3O/c14-13(16-10-5-6-10)15-7-9-8-17-12-4-2-1-3-11(9)12/h1-4,8,10H,5-7H2,(H3,14,15,16). The van der Waals surface area contributed by atoms with Crippen molar-refractivity contribution >= 4 is 16.9 Å². The molecule has 3 N–H and O–H groups in total. The van der Waals surface area contributed by atoms with E-state index in [4.69, 9.17) is 10.2 Å². The molecule has 0 spiro atoms. The van der Waals surface area contributed by atoms with Crippen LogP contribution in [0.5, 0.6) is 0 Å². The summed E-state index contributed by atoms with van der Waals surface area (Å²) in [4.78, 5) is 4.32. The van der Waals surface area contributed by atoms with E-state index in [1.54, 1.807) is 6.26 Å². The molecule has 0 unspecified atom stereocenters. The van der Waals surface area contributed by atoms with E-state index < -0.39 is 0 Å². The van der Waals surface area contributed by atoms with Crippen LogP contribution in [0, 0.1) is 0 Å². The zero-order valence-corrected chi connectivity index (χ0v) is 9.52. The molecule has 0 radical (unpaired) electrons. The smallest absolute Gasteiger partial charge is 0.189 e.